The summed E-state index contributed by atoms with van der Waals surface area (Å²) in [5, 5.41) is 4.00. The molecule has 1 aromatic carbocycles. The molecule has 0 aliphatic rings. The Bertz CT molecular complexity index is 538. The fraction of sp³-hybridized carbons (Fsp3) is 0.267. The fourth-order valence-electron chi connectivity index (χ4n) is 2.22. The molecule has 2 N–H and O–H groups in total. The summed E-state index contributed by atoms with van der Waals surface area (Å²) in [6, 6.07) is 8.07. The van der Waals surface area contributed by atoms with Crippen molar-refractivity contribution in [3.05, 3.63) is 53.9 Å². The minimum Gasteiger partial charge on any atom is -0.361 e. The SMILES string of the molecule is C=CCC(N)c1ccccc1-c1c(C)noc1C. The van der Waals surface area contributed by atoms with E-state index in [2.05, 4.69) is 23.9 Å². The van der Waals surface area contributed by atoms with Gasteiger partial charge in [-0.1, -0.05) is 35.5 Å². The van der Waals surface area contributed by atoms with Gasteiger partial charge in [0.15, 0.2) is 0 Å². The lowest BCUT2D eigenvalue weighted by Crippen LogP contribution is -2.10. The van der Waals surface area contributed by atoms with Crippen molar-refractivity contribution in [2.75, 3.05) is 0 Å². The normalized spacial score (nSPS) is 12.4. The molecule has 0 bridgehead atoms. The van der Waals surface area contributed by atoms with Crippen molar-refractivity contribution >= 4 is 0 Å². The molecule has 1 aromatic heterocycles. The summed E-state index contributed by atoms with van der Waals surface area (Å²) in [5.41, 5.74) is 10.3. The van der Waals surface area contributed by atoms with Gasteiger partial charge in [-0.05, 0) is 31.4 Å². The van der Waals surface area contributed by atoms with Crippen molar-refractivity contribution in [2.45, 2.75) is 26.3 Å². The fourth-order valence-corrected chi connectivity index (χ4v) is 2.22. The summed E-state index contributed by atoms with van der Waals surface area (Å²) in [6.45, 7) is 7.61. The van der Waals surface area contributed by atoms with Crippen LogP contribution >= 0.6 is 0 Å². The van der Waals surface area contributed by atoms with Gasteiger partial charge in [0.1, 0.15) is 5.76 Å². The summed E-state index contributed by atoms with van der Waals surface area (Å²) in [6.07, 6.45) is 2.59. The molecule has 3 nitrogen and oxygen atoms in total. The van der Waals surface area contributed by atoms with E-state index in [1.807, 2.05) is 32.1 Å². The molecule has 2 rings (SSSR count). The Morgan fingerprint density at radius 3 is 2.72 bits per heavy atom. The first-order chi connectivity index (χ1) is 8.65. The summed E-state index contributed by atoms with van der Waals surface area (Å²) in [7, 11) is 0. The maximum atomic E-state index is 6.19. The van der Waals surface area contributed by atoms with Crippen LogP contribution in [0.25, 0.3) is 11.1 Å². The summed E-state index contributed by atoms with van der Waals surface area (Å²) >= 11 is 0. The van der Waals surface area contributed by atoms with Crippen LogP contribution in [0.3, 0.4) is 0 Å². The molecule has 1 unspecified atom stereocenters. The first kappa shape index (κ1) is 12.6. The third kappa shape index (κ3) is 2.22. The van der Waals surface area contributed by atoms with Crippen molar-refractivity contribution in [1.29, 1.82) is 0 Å². The summed E-state index contributed by atoms with van der Waals surface area (Å²) in [5.74, 6) is 0.825. The van der Waals surface area contributed by atoms with E-state index in [1.165, 1.54) is 0 Å². The van der Waals surface area contributed by atoms with Gasteiger partial charge in [-0.15, -0.1) is 6.58 Å². The minimum atomic E-state index is -0.0487. The van der Waals surface area contributed by atoms with E-state index in [1.54, 1.807) is 0 Å². The van der Waals surface area contributed by atoms with Gasteiger partial charge in [0.25, 0.3) is 0 Å². The zero-order chi connectivity index (χ0) is 13.1. The smallest absolute Gasteiger partial charge is 0.141 e. The molecule has 0 saturated carbocycles. The zero-order valence-corrected chi connectivity index (χ0v) is 10.8. The highest BCUT2D eigenvalue weighted by Crippen LogP contribution is 2.33. The lowest BCUT2D eigenvalue weighted by Gasteiger charge is -2.14. The van der Waals surface area contributed by atoms with Gasteiger partial charge < -0.3 is 10.3 Å². The Balaban J connectivity index is 2.55. The lowest BCUT2D eigenvalue weighted by atomic mass is 9.93. The lowest BCUT2D eigenvalue weighted by molar-refractivity contribution is 0.393. The third-order valence-electron chi connectivity index (χ3n) is 3.08. The Kier molecular flexibility index (Phi) is 3.63. The summed E-state index contributed by atoms with van der Waals surface area (Å²) < 4.78 is 5.23. The van der Waals surface area contributed by atoms with Gasteiger partial charge in [-0.2, -0.15) is 0 Å². The van der Waals surface area contributed by atoms with E-state index in [4.69, 9.17) is 10.3 Å². The molecule has 94 valence electrons. The number of benzene rings is 1. The highest BCUT2D eigenvalue weighted by molar-refractivity contribution is 5.71. The largest absolute Gasteiger partial charge is 0.361 e. The highest BCUT2D eigenvalue weighted by Gasteiger charge is 2.17. The van der Waals surface area contributed by atoms with E-state index < -0.39 is 0 Å². The second-order valence-corrected chi connectivity index (χ2v) is 4.42. The molecule has 1 heterocycles. The third-order valence-corrected chi connectivity index (χ3v) is 3.08. The molecule has 1 atom stereocenters. The number of nitrogens with two attached hydrogens (primary N) is 1. The van der Waals surface area contributed by atoms with Crippen molar-refractivity contribution in [2.24, 2.45) is 5.73 Å². The molecule has 0 saturated heterocycles. The van der Waals surface area contributed by atoms with Crippen LogP contribution < -0.4 is 5.73 Å². The van der Waals surface area contributed by atoms with Gasteiger partial charge in [-0.3, -0.25) is 0 Å². The monoisotopic (exact) mass is 242 g/mol. The quantitative estimate of drug-likeness (QED) is 0.834. The molecule has 18 heavy (non-hydrogen) atoms. The Hall–Kier alpha value is -1.87. The number of hydrogen-bond donors (Lipinski definition) is 1. The van der Waals surface area contributed by atoms with Gasteiger partial charge in [-0.25, -0.2) is 0 Å². The number of aryl methyl sites for hydroxylation is 2. The van der Waals surface area contributed by atoms with Crippen molar-refractivity contribution < 1.29 is 4.52 Å². The molecule has 0 amide bonds. The van der Waals surface area contributed by atoms with Crippen LogP contribution in [0.15, 0.2) is 41.4 Å². The number of nitrogens with zero attached hydrogens (tertiary/aromatic N) is 1. The van der Waals surface area contributed by atoms with Crippen LogP contribution in [-0.4, -0.2) is 5.16 Å². The van der Waals surface area contributed by atoms with E-state index in [-0.39, 0.29) is 6.04 Å². The highest BCUT2D eigenvalue weighted by atomic mass is 16.5. The Morgan fingerprint density at radius 2 is 2.11 bits per heavy atom. The molecule has 2 aromatic rings. The van der Waals surface area contributed by atoms with Gasteiger partial charge in [0, 0.05) is 11.6 Å². The molecule has 0 spiro atoms. The number of aromatic nitrogens is 1. The molecular formula is C15H18N2O. The number of rotatable bonds is 4. The molecule has 0 radical (unpaired) electrons. The van der Waals surface area contributed by atoms with Gasteiger partial charge >= 0.3 is 0 Å². The average Bonchev–Trinajstić information content (AvgIpc) is 2.69. The van der Waals surface area contributed by atoms with Gasteiger partial charge in [0.05, 0.1) is 5.69 Å². The standard InChI is InChI=1S/C15H18N2O/c1-4-7-14(16)12-8-5-6-9-13(12)15-10(2)17-18-11(15)3/h4-6,8-9,14H,1,7,16H2,2-3H3. The molecule has 0 aliphatic carbocycles. The first-order valence-corrected chi connectivity index (χ1v) is 6.03. The van der Waals surface area contributed by atoms with E-state index >= 15 is 0 Å². The molecule has 0 fully saturated rings. The van der Waals surface area contributed by atoms with E-state index in [0.29, 0.717) is 0 Å². The second kappa shape index (κ2) is 5.19. The number of hydrogen-bond acceptors (Lipinski definition) is 3. The Labute approximate surface area is 107 Å². The van der Waals surface area contributed by atoms with Crippen LogP contribution in [0, 0.1) is 13.8 Å². The van der Waals surface area contributed by atoms with Gasteiger partial charge in [0.2, 0.25) is 0 Å². The van der Waals surface area contributed by atoms with Crippen LogP contribution in [0.1, 0.15) is 29.5 Å². The van der Waals surface area contributed by atoms with E-state index in [9.17, 15) is 0 Å². The summed E-state index contributed by atoms with van der Waals surface area (Å²) in [4.78, 5) is 0. The second-order valence-electron chi connectivity index (χ2n) is 4.42. The topological polar surface area (TPSA) is 52.0 Å². The van der Waals surface area contributed by atoms with Crippen LogP contribution in [0.5, 0.6) is 0 Å². The maximum absolute atomic E-state index is 6.19. The minimum absolute atomic E-state index is 0.0487. The molecular weight excluding hydrogens is 224 g/mol. The Morgan fingerprint density at radius 1 is 1.39 bits per heavy atom. The van der Waals surface area contributed by atoms with Crippen molar-refractivity contribution in [3.63, 3.8) is 0 Å². The van der Waals surface area contributed by atoms with Crippen LogP contribution in [0.2, 0.25) is 0 Å². The predicted molar refractivity (Wildman–Crippen MR) is 73.2 cm³/mol. The zero-order valence-electron chi connectivity index (χ0n) is 10.8. The predicted octanol–water partition coefficient (Wildman–Crippen LogP) is 3.53. The first-order valence-electron chi connectivity index (χ1n) is 6.03. The molecule has 3 heteroatoms. The van der Waals surface area contributed by atoms with Crippen LogP contribution in [-0.2, 0) is 0 Å². The van der Waals surface area contributed by atoms with Crippen molar-refractivity contribution in [1.82, 2.24) is 5.16 Å². The van der Waals surface area contributed by atoms with Crippen molar-refractivity contribution in [3.8, 4) is 11.1 Å². The average molecular weight is 242 g/mol. The van der Waals surface area contributed by atoms with E-state index in [0.717, 1.165) is 34.6 Å². The van der Waals surface area contributed by atoms with Crippen LogP contribution in [0.4, 0.5) is 0 Å². The molecule has 0 aliphatic heterocycles. The maximum Gasteiger partial charge on any atom is 0.141 e.